The van der Waals surface area contributed by atoms with E-state index in [0.29, 0.717) is 11.4 Å². The third kappa shape index (κ3) is 2.73. The lowest BCUT2D eigenvalue weighted by Crippen LogP contribution is -2.42. The first kappa shape index (κ1) is 10.0. The monoisotopic (exact) mass is 209 g/mol. The second-order valence-corrected chi connectivity index (χ2v) is 4.57. The molecular weight excluding hydrogens is 194 g/mol. The molecule has 0 radical (unpaired) electrons. The molecule has 2 rings (SSSR count). The Hall–Kier alpha value is -0.530. The van der Waals surface area contributed by atoms with Crippen molar-refractivity contribution < 1.29 is 0 Å². The molecule has 0 aliphatic heterocycles. The Morgan fingerprint density at radius 2 is 1.93 bits per heavy atom. The number of benzene rings is 1. The van der Waals surface area contributed by atoms with Gasteiger partial charge in [0.05, 0.1) is 0 Å². The molecule has 1 N–H and O–H groups in total. The van der Waals surface area contributed by atoms with Gasteiger partial charge in [-0.15, -0.1) is 11.6 Å². The molecule has 1 aromatic rings. The van der Waals surface area contributed by atoms with Crippen LogP contribution < -0.4 is 5.32 Å². The highest BCUT2D eigenvalue weighted by Crippen LogP contribution is 2.24. The van der Waals surface area contributed by atoms with Crippen LogP contribution in [0.2, 0.25) is 0 Å². The van der Waals surface area contributed by atoms with E-state index < -0.39 is 0 Å². The first-order chi connectivity index (χ1) is 6.84. The van der Waals surface area contributed by atoms with Crippen molar-refractivity contribution in [1.29, 1.82) is 0 Å². The molecule has 0 atom stereocenters. The van der Waals surface area contributed by atoms with E-state index in [2.05, 4.69) is 35.6 Å². The normalized spacial score (nSPS) is 25.8. The predicted octanol–water partition coefficient (Wildman–Crippen LogP) is 2.59. The molecule has 0 bridgehead atoms. The van der Waals surface area contributed by atoms with Crippen LogP contribution >= 0.6 is 11.6 Å². The zero-order valence-corrected chi connectivity index (χ0v) is 9.00. The predicted molar refractivity (Wildman–Crippen MR) is 60.8 cm³/mol. The third-order valence-electron chi connectivity index (χ3n) is 2.77. The lowest BCUT2D eigenvalue weighted by atomic mass is 9.92. The van der Waals surface area contributed by atoms with Gasteiger partial charge in [-0.05, 0) is 31.4 Å². The van der Waals surface area contributed by atoms with Crippen molar-refractivity contribution in [2.75, 3.05) is 6.54 Å². The van der Waals surface area contributed by atoms with Crippen LogP contribution in [0.4, 0.5) is 0 Å². The Bertz CT molecular complexity index is 267. The fourth-order valence-electron chi connectivity index (χ4n) is 1.78. The highest BCUT2D eigenvalue weighted by atomic mass is 35.5. The average Bonchev–Trinajstić information content (AvgIpc) is 2.17. The molecule has 0 saturated heterocycles. The molecule has 2 heteroatoms. The lowest BCUT2D eigenvalue weighted by molar-refractivity contribution is 0.349. The minimum atomic E-state index is 0.421. The SMILES string of the molecule is ClC1CC(NCCc2ccccc2)C1. The fourth-order valence-corrected chi connectivity index (χ4v) is 2.21. The van der Waals surface area contributed by atoms with E-state index in [1.807, 2.05) is 0 Å². The van der Waals surface area contributed by atoms with E-state index in [4.69, 9.17) is 11.6 Å². The van der Waals surface area contributed by atoms with Crippen LogP contribution in [0.1, 0.15) is 18.4 Å². The molecule has 1 aromatic carbocycles. The molecule has 76 valence electrons. The molecule has 1 nitrogen and oxygen atoms in total. The van der Waals surface area contributed by atoms with Gasteiger partial charge in [0.25, 0.3) is 0 Å². The summed E-state index contributed by atoms with van der Waals surface area (Å²) in [4.78, 5) is 0. The minimum absolute atomic E-state index is 0.421. The van der Waals surface area contributed by atoms with Crippen LogP contribution in [0.3, 0.4) is 0 Å². The molecular formula is C12H16ClN. The third-order valence-corrected chi connectivity index (χ3v) is 3.13. The van der Waals surface area contributed by atoms with E-state index in [1.54, 1.807) is 0 Å². The Labute approximate surface area is 90.5 Å². The highest BCUT2D eigenvalue weighted by Gasteiger charge is 2.25. The number of rotatable bonds is 4. The molecule has 0 spiro atoms. The summed E-state index contributed by atoms with van der Waals surface area (Å²) in [5.74, 6) is 0. The Morgan fingerprint density at radius 3 is 2.57 bits per heavy atom. The standard InChI is InChI=1S/C12H16ClN/c13-11-8-12(9-11)14-7-6-10-4-2-1-3-5-10/h1-5,11-12,14H,6-9H2. The summed E-state index contributed by atoms with van der Waals surface area (Å²) in [5.41, 5.74) is 1.40. The first-order valence-corrected chi connectivity index (χ1v) is 5.69. The van der Waals surface area contributed by atoms with Gasteiger partial charge in [-0.2, -0.15) is 0 Å². The van der Waals surface area contributed by atoms with Gasteiger partial charge in [-0.3, -0.25) is 0 Å². The molecule has 14 heavy (non-hydrogen) atoms. The number of alkyl halides is 1. The van der Waals surface area contributed by atoms with Gasteiger partial charge >= 0.3 is 0 Å². The van der Waals surface area contributed by atoms with E-state index in [0.717, 1.165) is 25.8 Å². The van der Waals surface area contributed by atoms with Gasteiger partial charge in [0.1, 0.15) is 0 Å². The number of hydrogen-bond acceptors (Lipinski definition) is 1. The van der Waals surface area contributed by atoms with Crippen molar-refractivity contribution in [3.8, 4) is 0 Å². The van der Waals surface area contributed by atoms with Gasteiger partial charge in [0.15, 0.2) is 0 Å². The van der Waals surface area contributed by atoms with Gasteiger partial charge in [0.2, 0.25) is 0 Å². The van der Waals surface area contributed by atoms with Crippen molar-refractivity contribution in [3.05, 3.63) is 35.9 Å². The van der Waals surface area contributed by atoms with Crippen LogP contribution in [-0.4, -0.2) is 18.0 Å². The first-order valence-electron chi connectivity index (χ1n) is 5.26. The molecule has 0 amide bonds. The second-order valence-electron chi connectivity index (χ2n) is 3.96. The topological polar surface area (TPSA) is 12.0 Å². The molecule has 0 aromatic heterocycles. The second kappa shape index (κ2) is 4.81. The van der Waals surface area contributed by atoms with Crippen molar-refractivity contribution in [2.45, 2.75) is 30.7 Å². The molecule has 1 aliphatic rings. The van der Waals surface area contributed by atoms with E-state index >= 15 is 0 Å². The summed E-state index contributed by atoms with van der Waals surface area (Å²) in [5, 5.41) is 3.93. The van der Waals surface area contributed by atoms with Gasteiger partial charge in [-0.1, -0.05) is 30.3 Å². The average molecular weight is 210 g/mol. The van der Waals surface area contributed by atoms with Gasteiger partial charge in [-0.25, -0.2) is 0 Å². The largest absolute Gasteiger partial charge is 0.314 e. The summed E-state index contributed by atoms with van der Waals surface area (Å²) in [6.45, 7) is 1.07. The van der Waals surface area contributed by atoms with Crippen LogP contribution in [0.25, 0.3) is 0 Å². The van der Waals surface area contributed by atoms with Crippen molar-refractivity contribution in [3.63, 3.8) is 0 Å². The van der Waals surface area contributed by atoms with Crippen LogP contribution in [0.15, 0.2) is 30.3 Å². The summed E-state index contributed by atoms with van der Waals surface area (Å²) < 4.78 is 0. The van der Waals surface area contributed by atoms with Gasteiger partial charge in [0, 0.05) is 11.4 Å². The fraction of sp³-hybridized carbons (Fsp3) is 0.500. The maximum Gasteiger partial charge on any atom is 0.0365 e. The number of halogens is 1. The van der Waals surface area contributed by atoms with Crippen LogP contribution in [0, 0.1) is 0 Å². The summed E-state index contributed by atoms with van der Waals surface area (Å²) in [7, 11) is 0. The Balaban J connectivity index is 1.64. The number of nitrogens with one attached hydrogen (secondary N) is 1. The van der Waals surface area contributed by atoms with Crippen molar-refractivity contribution in [2.24, 2.45) is 0 Å². The van der Waals surface area contributed by atoms with Crippen LogP contribution in [0.5, 0.6) is 0 Å². The Kier molecular flexibility index (Phi) is 3.44. The van der Waals surface area contributed by atoms with Crippen molar-refractivity contribution in [1.82, 2.24) is 5.32 Å². The van der Waals surface area contributed by atoms with Crippen LogP contribution in [-0.2, 0) is 6.42 Å². The van der Waals surface area contributed by atoms with E-state index in [1.165, 1.54) is 5.56 Å². The number of hydrogen-bond donors (Lipinski definition) is 1. The smallest absolute Gasteiger partial charge is 0.0365 e. The lowest BCUT2D eigenvalue weighted by Gasteiger charge is -2.31. The molecule has 0 heterocycles. The highest BCUT2D eigenvalue weighted by molar-refractivity contribution is 6.21. The zero-order valence-electron chi connectivity index (χ0n) is 8.25. The summed E-state index contributed by atoms with van der Waals surface area (Å²) in [6, 6.07) is 11.3. The minimum Gasteiger partial charge on any atom is -0.314 e. The maximum absolute atomic E-state index is 5.90. The quantitative estimate of drug-likeness (QED) is 0.752. The van der Waals surface area contributed by atoms with Gasteiger partial charge < -0.3 is 5.32 Å². The zero-order chi connectivity index (χ0) is 9.80. The molecule has 1 saturated carbocycles. The molecule has 1 aliphatic carbocycles. The van der Waals surface area contributed by atoms with E-state index in [-0.39, 0.29) is 0 Å². The maximum atomic E-state index is 5.90. The summed E-state index contributed by atoms with van der Waals surface area (Å²) in [6.07, 6.45) is 3.39. The molecule has 1 fully saturated rings. The summed E-state index contributed by atoms with van der Waals surface area (Å²) >= 11 is 5.90. The molecule has 0 unspecified atom stereocenters. The van der Waals surface area contributed by atoms with E-state index in [9.17, 15) is 0 Å². The Morgan fingerprint density at radius 1 is 1.21 bits per heavy atom. The van der Waals surface area contributed by atoms with Crippen molar-refractivity contribution >= 4 is 11.6 Å².